The van der Waals surface area contributed by atoms with Crippen molar-refractivity contribution < 1.29 is 9.18 Å². The molecule has 2 heterocycles. The summed E-state index contributed by atoms with van der Waals surface area (Å²) in [5.74, 6) is 0.446. The van der Waals surface area contributed by atoms with Gasteiger partial charge in [-0.25, -0.2) is 4.39 Å². The van der Waals surface area contributed by atoms with Gasteiger partial charge in [-0.3, -0.25) is 9.48 Å². The topological polar surface area (TPSA) is 60.9 Å². The molecule has 6 heteroatoms. The molecular weight excluding hydrogens is 317 g/mol. The number of aromatic nitrogens is 2. The van der Waals surface area contributed by atoms with E-state index < -0.39 is 11.7 Å². The quantitative estimate of drug-likeness (QED) is 0.935. The lowest BCUT2D eigenvalue weighted by Crippen LogP contribution is -2.24. The minimum Gasteiger partial charge on any atom is -0.365 e. The first-order valence-corrected chi connectivity index (χ1v) is 8.27. The Hall–Kier alpha value is -1.88. The highest BCUT2D eigenvalue weighted by atomic mass is 35.5. The predicted octanol–water partition coefficient (Wildman–Crippen LogP) is 3.41. The molecule has 1 aromatic heterocycles. The van der Waals surface area contributed by atoms with Crippen molar-refractivity contribution in [1.82, 2.24) is 9.78 Å². The lowest BCUT2D eigenvalue weighted by atomic mass is 9.92. The van der Waals surface area contributed by atoms with E-state index in [0.29, 0.717) is 22.7 Å². The fraction of sp³-hybridized carbons (Fsp3) is 0.412. The molecule has 0 radical (unpaired) electrons. The number of hydrogen-bond donors (Lipinski definition) is 1. The Balaban J connectivity index is 1.80. The maximum atomic E-state index is 13.4. The first kappa shape index (κ1) is 14.7. The van der Waals surface area contributed by atoms with Crippen LogP contribution in [0.1, 0.15) is 35.3 Å². The summed E-state index contributed by atoms with van der Waals surface area (Å²) < 4.78 is 15.3. The van der Waals surface area contributed by atoms with Crippen molar-refractivity contribution >= 4 is 17.5 Å². The van der Waals surface area contributed by atoms with E-state index in [1.165, 1.54) is 25.0 Å². The first-order chi connectivity index (χ1) is 11.0. The van der Waals surface area contributed by atoms with Crippen LogP contribution >= 0.6 is 11.6 Å². The average molecular weight is 334 g/mol. The summed E-state index contributed by atoms with van der Waals surface area (Å²) in [4.78, 5) is 12.0. The molecule has 1 fully saturated rings. The summed E-state index contributed by atoms with van der Waals surface area (Å²) in [5.41, 5.74) is 8.06. The number of hydrogen-bond acceptors (Lipinski definition) is 2. The van der Waals surface area contributed by atoms with E-state index in [4.69, 9.17) is 17.3 Å². The van der Waals surface area contributed by atoms with E-state index >= 15 is 0 Å². The van der Waals surface area contributed by atoms with Gasteiger partial charge >= 0.3 is 0 Å². The minimum absolute atomic E-state index is 0.0137. The van der Waals surface area contributed by atoms with Crippen LogP contribution < -0.4 is 5.73 Å². The molecule has 23 heavy (non-hydrogen) atoms. The number of carbonyl (C=O) groups excluding carboxylic acids is 1. The summed E-state index contributed by atoms with van der Waals surface area (Å²) in [6.07, 6.45) is 4.47. The number of fused-ring (bicyclic) bond motifs is 1. The molecular formula is C17H17ClFN3O. The Bertz CT molecular complexity index is 797. The summed E-state index contributed by atoms with van der Waals surface area (Å²) in [7, 11) is 0. The van der Waals surface area contributed by atoms with Crippen molar-refractivity contribution in [2.24, 2.45) is 17.6 Å². The zero-order valence-electron chi connectivity index (χ0n) is 12.6. The largest absolute Gasteiger partial charge is 0.365 e. The minimum atomic E-state index is -0.494. The Morgan fingerprint density at radius 3 is 2.74 bits per heavy atom. The van der Waals surface area contributed by atoms with Gasteiger partial charge in [0.15, 0.2) is 0 Å². The lowest BCUT2D eigenvalue weighted by Gasteiger charge is -2.23. The molecule has 2 aromatic rings. The zero-order chi connectivity index (χ0) is 16.1. The molecule has 0 bridgehead atoms. The molecule has 1 atom stereocenters. The third-order valence-corrected chi connectivity index (χ3v) is 5.23. The molecule has 4 rings (SSSR count). The number of nitrogens with zero attached hydrogens (tertiary/aromatic N) is 2. The molecule has 0 saturated heterocycles. The SMILES string of the molecule is NC(=O)c1c(-c2ccc(F)c(Cl)c2)nn2c1CCC(C1CC1)C2. The predicted molar refractivity (Wildman–Crippen MR) is 85.7 cm³/mol. The Morgan fingerprint density at radius 2 is 2.09 bits per heavy atom. The Labute approximate surface area is 138 Å². The van der Waals surface area contributed by atoms with Gasteiger partial charge in [-0.15, -0.1) is 0 Å². The van der Waals surface area contributed by atoms with Crippen molar-refractivity contribution in [2.45, 2.75) is 32.2 Å². The third-order valence-electron chi connectivity index (χ3n) is 4.95. The van der Waals surface area contributed by atoms with Gasteiger partial charge in [-0.1, -0.05) is 11.6 Å². The van der Waals surface area contributed by atoms with Gasteiger partial charge < -0.3 is 5.73 Å². The second kappa shape index (κ2) is 5.34. The molecule has 1 aromatic carbocycles. The van der Waals surface area contributed by atoms with Gasteiger partial charge in [0.25, 0.3) is 5.91 Å². The van der Waals surface area contributed by atoms with Crippen molar-refractivity contribution in [3.05, 3.63) is 40.3 Å². The maximum Gasteiger partial charge on any atom is 0.252 e. The van der Waals surface area contributed by atoms with Crippen molar-refractivity contribution in [2.75, 3.05) is 0 Å². The number of nitrogens with two attached hydrogens (primary N) is 1. The van der Waals surface area contributed by atoms with Crippen molar-refractivity contribution in [3.8, 4) is 11.3 Å². The van der Waals surface area contributed by atoms with Crippen molar-refractivity contribution in [3.63, 3.8) is 0 Å². The summed E-state index contributed by atoms with van der Waals surface area (Å²) >= 11 is 5.87. The van der Waals surface area contributed by atoms with Crippen LogP contribution in [0.15, 0.2) is 18.2 Å². The van der Waals surface area contributed by atoms with E-state index in [1.807, 2.05) is 4.68 Å². The highest BCUT2D eigenvalue weighted by Crippen LogP contribution is 2.42. The van der Waals surface area contributed by atoms with Crippen LogP contribution in [-0.2, 0) is 13.0 Å². The van der Waals surface area contributed by atoms with Gasteiger partial charge in [-0.2, -0.15) is 5.10 Å². The Morgan fingerprint density at radius 1 is 1.30 bits per heavy atom. The normalized spacial score (nSPS) is 20.3. The molecule has 2 N–H and O–H groups in total. The van der Waals surface area contributed by atoms with Crippen LogP contribution in [0.5, 0.6) is 0 Å². The number of amides is 1. The molecule has 1 amide bonds. The fourth-order valence-corrected chi connectivity index (χ4v) is 3.77. The molecule has 0 spiro atoms. The molecule has 4 nitrogen and oxygen atoms in total. The molecule has 120 valence electrons. The van der Waals surface area contributed by atoms with Gasteiger partial charge in [-0.05, 0) is 55.7 Å². The molecule has 1 aliphatic heterocycles. The molecule has 1 aliphatic carbocycles. The smallest absolute Gasteiger partial charge is 0.252 e. The highest BCUT2D eigenvalue weighted by molar-refractivity contribution is 6.31. The first-order valence-electron chi connectivity index (χ1n) is 7.89. The van der Waals surface area contributed by atoms with Crippen LogP contribution in [0.3, 0.4) is 0 Å². The van der Waals surface area contributed by atoms with Gasteiger partial charge in [0, 0.05) is 12.1 Å². The number of primary amides is 1. The van der Waals surface area contributed by atoms with E-state index in [2.05, 4.69) is 5.10 Å². The van der Waals surface area contributed by atoms with Crippen LogP contribution in [-0.4, -0.2) is 15.7 Å². The fourth-order valence-electron chi connectivity index (χ4n) is 3.59. The van der Waals surface area contributed by atoms with E-state index in [-0.39, 0.29) is 5.02 Å². The van der Waals surface area contributed by atoms with Crippen LogP contribution in [0.4, 0.5) is 4.39 Å². The number of rotatable bonds is 3. The monoisotopic (exact) mass is 333 g/mol. The number of halogens is 2. The van der Waals surface area contributed by atoms with Gasteiger partial charge in [0.05, 0.1) is 16.3 Å². The maximum absolute atomic E-state index is 13.4. The van der Waals surface area contributed by atoms with Crippen LogP contribution in [0, 0.1) is 17.7 Å². The molecule has 1 unspecified atom stereocenters. The van der Waals surface area contributed by atoms with Crippen molar-refractivity contribution in [1.29, 1.82) is 0 Å². The second-order valence-electron chi connectivity index (χ2n) is 6.48. The summed E-state index contributed by atoms with van der Waals surface area (Å²) in [6, 6.07) is 4.37. The van der Waals surface area contributed by atoms with Crippen LogP contribution in [0.25, 0.3) is 11.3 Å². The van der Waals surface area contributed by atoms with Gasteiger partial charge in [0.2, 0.25) is 0 Å². The van der Waals surface area contributed by atoms with E-state index in [0.717, 1.165) is 31.0 Å². The lowest BCUT2D eigenvalue weighted by molar-refractivity contribution is 0.0999. The zero-order valence-corrected chi connectivity index (χ0v) is 13.3. The van der Waals surface area contributed by atoms with Crippen LogP contribution in [0.2, 0.25) is 5.02 Å². The van der Waals surface area contributed by atoms with E-state index in [1.54, 1.807) is 6.07 Å². The Kier molecular flexibility index (Phi) is 3.41. The molecule has 2 aliphatic rings. The third kappa shape index (κ3) is 2.53. The second-order valence-corrected chi connectivity index (χ2v) is 6.89. The standard InChI is InChI=1S/C17H17ClFN3O/c18-12-7-10(3-5-13(12)19)16-15(17(20)23)14-6-4-11(9-1-2-9)8-22(14)21-16/h3,5,7,9,11H,1-2,4,6,8H2,(H2,20,23). The summed E-state index contributed by atoms with van der Waals surface area (Å²) in [5, 5.41) is 4.62. The van der Waals surface area contributed by atoms with E-state index in [9.17, 15) is 9.18 Å². The summed E-state index contributed by atoms with van der Waals surface area (Å²) in [6.45, 7) is 0.829. The number of benzene rings is 1. The molecule has 1 saturated carbocycles. The van der Waals surface area contributed by atoms with Gasteiger partial charge in [0.1, 0.15) is 11.5 Å². The number of carbonyl (C=O) groups is 1. The highest BCUT2D eigenvalue weighted by Gasteiger charge is 2.36. The average Bonchev–Trinajstić information content (AvgIpc) is 3.29.